The Hall–Kier alpha value is -2.70. The zero-order valence-corrected chi connectivity index (χ0v) is 16.7. The third-order valence-corrected chi connectivity index (χ3v) is 5.81. The molecule has 29 heavy (non-hydrogen) atoms. The fraction of sp³-hybridized carbons (Fsp3) is 0.238. The summed E-state index contributed by atoms with van der Waals surface area (Å²) in [5.41, 5.74) is 1.81. The van der Waals surface area contributed by atoms with E-state index in [1.807, 2.05) is 12.1 Å². The first kappa shape index (κ1) is 19.6. The number of nitro groups is 1. The van der Waals surface area contributed by atoms with Crippen LogP contribution in [0.4, 0.5) is 11.4 Å². The van der Waals surface area contributed by atoms with E-state index in [1.54, 1.807) is 12.1 Å². The first-order chi connectivity index (χ1) is 13.9. The summed E-state index contributed by atoms with van der Waals surface area (Å²) in [6.45, 7) is 0. The number of Topliss-reactive ketones (excluding diaryl/α,β-unsaturated/α-hetero) is 1. The molecule has 6 nitrogen and oxygen atoms in total. The Bertz CT molecular complexity index is 1060. The summed E-state index contributed by atoms with van der Waals surface area (Å²) in [5.74, 6) is -0.700. The number of benzene rings is 2. The van der Waals surface area contributed by atoms with Gasteiger partial charge < -0.3 is 0 Å². The molecule has 0 fully saturated rings. The van der Waals surface area contributed by atoms with Gasteiger partial charge in [0.05, 0.1) is 4.92 Å². The van der Waals surface area contributed by atoms with Crippen LogP contribution in [-0.2, 0) is 9.59 Å². The van der Waals surface area contributed by atoms with E-state index in [-0.39, 0.29) is 40.4 Å². The molecule has 0 bridgehead atoms. The molecule has 0 spiro atoms. The van der Waals surface area contributed by atoms with Gasteiger partial charge in [0.25, 0.3) is 5.69 Å². The van der Waals surface area contributed by atoms with Crippen LogP contribution in [0.5, 0.6) is 0 Å². The number of hydrogen-bond donors (Lipinski definition) is 0. The second-order valence-electron chi connectivity index (χ2n) is 7.06. The van der Waals surface area contributed by atoms with Gasteiger partial charge in [-0.05, 0) is 42.7 Å². The molecule has 0 saturated carbocycles. The second-order valence-corrected chi connectivity index (χ2v) is 7.94. The minimum atomic E-state index is -0.565. The molecule has 0 radical (unpaired) electrons. The van der Waals surface area contributed by atoms with Gasteiger partial charge >= 0.3 is 0 Å². The van der Waals surface area contributed by atoms with Crippen LogP contribution in [0.3, 0.4) is 0 Å². The number of carbonyl (C=O) groups is 2. The van der Waals surface area contributed by atoms with Gasteiger partial charge in [0.1, 0.15) is 5.69 Å². The Labute approximate surface area is 176 Å². The first-order valence-corrected chi connectivity index (χ1v) is 9.91. The molecule has 2 aromatic carbocycles. The molecular weight excluding hydrogens is 415 g/mol. The van der Waals surface area contributed by atoms with Gasteiger partial charge in [-0.1, -0.05) is 35.3 Å². The van der Waals surface area contributed by atoms with Gasteiger partial charge in [-0.2, -0.15) is 0 Å². The van der Waals surface area contributed by atoms with E-state index in [1.165, 1.54) is 23.1 Å². The van der Waals surface area contributed by atoms with E-state index in [2.05, 4.69) is 0 Å². The largest absolute Gasteiger partial charge is 0.294 e. The van der Waals surface area contributed by atoms with Crippen molar-refractivity contribution in [1.29, 1.82) is 0 Å². The van der Waals surface area contributed by atoms with Gasteiger partial charge in [-0.15, -0.1) is 0 Å². The fourth-order valence-electron chi connectivity index (χ4n) is 4.08. The van der Waals surface area contributed by atoms with Gasteiger partial charge in [0.2, 0.25) is 5.91 Å². The molecule has 1 aliphatic carbocycles. The van der Waals surface area contributed by atoms with Gasteiger partial charge in [0.15, 0.2) is 5.78 Å². The highest BCUT2D eigenvalue weighted by Gasteiger charge is 2.41. The maximum atomic E-state index is 13.2. The Balaban J connectivity index is 1.90. The van der Waals surface area contributed by atoms with E-state index in [0.29, 0.717) is 35.6 Å². The lowest BCUT2D eigenvalue weighted by molar-refractivity contribution is -0.384. The second kappa shape index (κ2) is 7.61. The number of rotatable bonds is 3. The summed E-state index contributed by atoms with van der Waals surface area (Å²) in [5, 5.41) is 12.4. The van der Waals surface area contributed by atoms with Crippen LogP contribution in [0.25, 0.3) is 0 Å². The minimum Gasteiger partial charge on any atom is -0.294 e. The maximum absolute atomic E-state index is 13.2. The summed E-state index contributed by atoms with van der Waals surface area (Å²) in [6.07, 6.45) is 1.53. The predicted octanol–water partition coefficient (Wildman–Crippen LogP) is 5.43. The molecule has 1 aliphatic heterocycles. The molecule has 8 heteroatoms. The van der Waals surface area contributed by atoms with Crippen LogP contribution in [0, 0.1) is 10.1 Å². The number of allylic oxidation sites excluding steroid dienone is 2. The number of anilines is 1. The third kappa shape index (κ3) is 3.54. The van der Waals surface area contributed by atoms with Gasteiger partial charge in [-0.3, -0.25) is 24.6 Å². The first-order valence-electron chi connectivity index (χ1n) is 9.15. The Morgan fingerprint density at radius 1 is 1.00 bits per heavy atom. The topological polar surface area (TPSA) is 80.5 Å². The van der Waals surface area contributed by atoms with E-state index >= 15 is 0 Å². The molecular formula is C21H16Cl2N2O4. The number of amides is 1. The highest BCUT2D eigenvalue weighted by atomic mass is 35.5. The van der Waals surface area contributed by atoms with Crippen molar-refractivity contribution in [2.45, 2.75) is 31.6 Å². The molecule has 1 atom stereocenters. The highest BCUT2D eigenvalue weighted by Crippen LogP contribution is 2.45. The Morgan fingerprint density at radius 2 is 1.69 bits per heavy atom. The lowest BCUT2D eigenvalue weighted by Gasteiger charge is -2.38. The van der Waals surface area contributed by atoms with Gasteiger partial charge in [0, 0.05) is 46.1 Å². The van der Waals surface area contributed by atoms with Crippen LogP contribution < -0.4 is 4.90 Å². The molecule has 1 amide bonds. The average molecular weight is 431 g/mol. The quantitative estimate of drug-likeness (QED) is 0.480. The minimum absolute atomic E-state index is 0.0275. The molecule has 4 rings (SSSR count). The molecule has 2 aromatic rings. The van der Waals surface area contributed by atoms with Gasteiger partial charge in [-0.25, -0.2) is 0 Å². The molecule has 0 saturated heterocycles. The van der Waals surface area contributed by atoms with Crippen LogP contribution in [0.2, 0.25) is 10.0 Å². The van der Waals surface area contributed by atoms with Crippen molar-refractivity contribution in [1.82, 2.24) is 0 Å². The monoisotopic (exact) mass is 430 g/mol. The lowest BCUT2D eigenvalue weighted by atomic mass is 9.77. The summed E-state index contributed by atoms with van der Waals surface area (Å²) in [4.78, 5) is 38.4. The number of hydrogen-bond acceptors (Lipinski definition) is 4. The molecule has 0 N–H and O–H groups in total. The fourth-order valence-corrected chi connectivity index (χ4v) is 4.38. The number of halogens is 2. The van der Waals surface area contributed by atoms with Crippen LogP contribution in [0.15, 0.2) is 53.7 Å². The number of nitrogens with zero attached hydrogens (tertiary/aromatic N) is 2. The predicted molar refractivity (Wildman–Crippen MR) is 110 cm³/mol. The van der Waals surface area contributed by atoms with Crippen LogP contribution in [0.1, 0.15) is 37.2 Å². The van der Waals surface area contributed by atoms with Crippen LogP contribution in [-0.4, -0.2) is 16.6 Å². The smallest absolute Gasteiger partial charge is 0.294 e. The summed E-state index contributed by atoms with van der Waals surface area (Å²) < 4.78 is 0. The van der Waals surface area contributed by atoms with Crippen LogP contribution >= 0.6 is 23.2 Å². The molecule has 1 unspecified atom stereocenters. The lowest BCUT2D eigenvalue weighted by Crippen LogP contribution is -2.40. The normalized spacial score (nSPS) is 19.4. The van der Waals surface area contributed by atoms with E-state index < -0.39 is 4.92 Å². The van der Waals surface area contributed by atoms with Crippen molar-refractivity contribution >= 4 is 46.3 Å². The van der Waals surface area contributed by atoms with Crippen molar-refractivity contribution in [3.63, 3.8) is 0 Å². The molecule has 2 aliphatic rings. The Morgan fingerprint density at radius 3 is 2.38 bits per heavy atom. The van der Waals surface area contributed by atoms with E-state index in [9.17, 15) is 19.7 Å². The maximum Gasteiger partial charge on any atom is 0.294 e. The summed E-state index contributed by atoms with van der Waals surface area (Å²) in [6, 6.07) is 11.3. The van der Waals surface area contributed by atoms with E-state index in [0.717, 1.165) is 5.56 Å². The standard InChI is InChI=1S/C21H16Cl2N2O4/c22-13-6-4-12(5-7-13)15-11-20(27)24(17-2-1-3-19(26)21(15)17)16-9-8-14(23)10-18(16)25(28)29/h4-10,15H,1-3,11H2. The van der Waals surface area contributed by atoms with Crippen molar-refractivity contribution in [2.24, 2.45) is 0 Å². The number of nitro benzene ring substituents is 1. The van der Waals surface area contributed by atoms with Crippen molar-refractivity contribution in [2.75, 3.05) is 4.90 Å². The molecule has 148 valence electrons. The molecule has 1 heterocycles. The SMILES string of the molecule is O=C1CCCC2=C1C(c1ccc(Cl)cc1)CC(=O)N2c1ccc(Cl)cc1[N+](=O)[O-]. The van der Waals surface area contributed by atoms with Crippen molar-refractivity contribution in [3.8, 4) is 0 Å². The number of carbonyl (C=O) groups excluding carboxylic acids is 2. The summed E-state index contributed by atoms with van der Waals surface area (Å²) >= 11 is 11.9. The highest BCUT2D eigenvalue weighted by molar-refractivity contribution is 6.31. The van der Waals surface area contributed by atoms with E-state index in [4.69, 9.17) is 23.2 Å². The van der Waals surface area contributed by atoms with Crippen molar-refractivity contribution < 1.29 is 14.5 Å². The Kier molecular flexibility index (Phi) is 5.15. The zero-order valence-electron chi connectivity index (χ0n) is 15.2. The van der Waals surface area contributed by atoms with Crippen molar-refractivity contribution in [3.05, 3.63) is 79.5 Å². The zero-order chi connectivity index (χ0) is 20.7. The molecule has 0 aromatic heterocycles. The third-order valence-electron chi connectivity index (χ3n) is 5.32. The number of ketones is 1. The average Bonchev–Trinajstić information content (AvgIpc) is 2.68. The summed E-state index contributed by atoms with van der Waals surface area (Å²) in [7, 11) is 0.